The fourth-order valence-electron chi connectivity index (χ4n) is 3.90. The molecule has 0 spiro atoms. The van der Waals surface area contributed by atoms with Gasteiger partial charge in [-0.1, -0.05) is 61.5 Å². The van der Waals surface area contributed by atoms with E-state index in [0.717, 1.165) is 30.4 Å². The molecule has 1 amide bonds. The van der Waals surface area contributed by atoms with E-state index in [1.165, 1.54) is 16.5 Å². The largest absolute Gasteiger partial charge is 0.481 e. The van der Waals surface area contributed by atoms with Crippen LogP contribution in [-0.4, -0.2) is 12.0 Å². The highest BCUT2D eigenvalue weighted by atomic mass is 16.5. The van der Waals surface area contributed by atoms with Crippen molar-refractivity contribution in [1.29, 1.82) is 0 Å². The normalized spacial score (nSPS) is 17.1. The van der Waals surface area contributed by atoms with E-state index in [9.17, 15) is 4.79 Å². The summed E-state index contributed by atoms with van der Waals surface area (Å²) >= 11 is 0. The van der Waals surface area contributed by atoms with Crippen molar-refractivity contribution in [2.24, 2.45) is 0 Å². The van der Waals surface area contributed by atoms with Crippen molar-refractivity contribution >= 4 is 16.7 Å². The zero-order valence-corrected chi connectivity index (χ0v) is 15.7. The summed E-state index contributed by atoms with van der Waals surface area (Å²) in [5.74, 6) is 0.701. The van der Waals surface area contributed by atoms with E-state index in [0.29, 0.717) is 6.42 Å². The van der Waals surface area contributed by atoms with Crippen molar-refractivity contribution in [2.75, 3.05) is 0 Å². The lowest BCUT2D eigenvalue weighted by molar-refractivity contribution is -0.129. The number of hydrogen-bond acceptors (Lipinski definition) is 2. The van der Waals surface area contributed by atoms with E-state index in [2.05, 4.69) is 35.6 Å². The van der Waals surface area contributed by atoms with Crippen molar-refractivity contribution in [1.82, 2.24) is 5.32 Å². The summed E-state index contributed by atoms with van der Waals surface area (Å²) in [6.45, 7) is 1.99. The molecule has 27 heavy (non-hydrogen) atoms. The average molecular weight is 359 g/mol. The molecule has 1 N–H and O–H groups in total. The Hall–Kier alpha value is -2.81. The summed E-state index contributed by atoms with van der Waals surface area (Å²) in [6.07, 6.45) is 3.32. The van der Waals surface area contributed by atoms with Crippen LogP contribution in [0, 0.1) is 0 Å². The van der Waals surface area contributed by atoms with Gasteiger partial charge in [-0.25, -0.2) is 0 Å². The number of nitrogens with one attached hydrogen (secondary N) is 1. The SMILES string of the molecule is CC[C@@H](Oc1ccc2ccccc2c1)C(=O)N[C@H]1CCCc2ccccc21. The first-order valence-corrected chi connectivity index (χ1v) is 9.78. The van der Waals surface area contributed by atoms with Crippen LogP contribution < -0.4 is 10.1 Å². The molecular weight excluding hydrogens is 334 g/mol. The fraction of sp³-hybridized carbons (Fsp3) is 0.292. The van der Waals surface area contributed by atoms with Gasteiger partial charge in [-0.2, -0.15) is 0 Å². The number of ether oxygens (including phenoxy) is 1. The lowest BCUT2D eigenvalue weighted by atomic mass is 9.87. The maximum atomic E-state index is 12.9. The van der Waals surface area contributed by atoms with Gasteiger partial charge in [-0.3, -0.25) is 4.79 Å². The number of benzene rings is 3. The van der Waals surface area contributed by atoms with Crippen LogP contribution in [0.1, 0.15) is 43.4 Å². The van der Waals surface area contributed by atoms with Gasteiger partial charge in [-0.05, 0) is 59.7 Å². The smallest absolute Gasteiger partial charge is 0.261 e. The van der Waals surface area contributed by atoms with Crippen LogP contribution in [0.3, 0.4) is 0 Å². The van der Waals surface area contributed by atoms with Crippen molar-refractivity contribution < 1.29 is 9.53 Å². The zero-order valence-electron chi connectivity index (χ0n) is 15.7. The second-order valence-electron chi connectivity index (χ2n) is 7.18. The summed E-state index contributed by atoms with van der Waals surface area (Å²) in [5, 5.41) is 5.50. The van der Waals surface area contributed by atoms with Crippen molar-refractivity contribution in [3.63, 3.8) is 0 Å². The molecule has 3 heteroatoms. The molecule has 2 atom stereocenters. The third-order valence-corrected chi connectivity index (χ3v) is 5.35. The number of aryl methyl sites for hydroxylation is 1. The van der Waals surface area contributed by atoms with Crippen LogP contribution >= 0.6 is 0 Å². The van der Waals surface area contributed by atoms with Gasteiger partial charge >= 0.3 is 0 Å². The van der Waals surface area contributed by atoms with Crippen molar-refractivity contribution in [3.8, 4) is 5.75 Å². The van der Waals surface area contributed by atoms with Gasteiger partial charge in [0, 0.05) is 0 Å². The van der Waals surface area contributed by atoms with Crippen LogP contribution in [0.2, 0.25) is 0 Å². The standard InChI is InChI=1S/C24H25NO2/c1-2-23(27-20-15-14-17-8-3-4-10-19(17)16-20)24(26)25-22-13-7-11-18-9-5-6-12-21(18)22/h3-6,8-10,12,14-16,22-23H,2,7,11,13H2,1H3,(H,25,26)/t22-,23+/m0/s1. The lowest BCUT2D eigenvalue weighted by Gasteiger charge is -2.28. The molecule has 0 aromatic heterocycles. The zero-order chi connectivity index (χ0) is 18.6. The Morgan fingerprint density at radius 3 is 2.70 bits per heavy atom. The molecule has 0 bridgehead atoms. The molecule has 0 unspecified atom stereocenters. The molecule has 0 radical (unpaired) electrons. The van der Waals surface area contributed by atoms with Gasteiger partial charge in [0.1, 0.15) is 5.75 Å². The maximum absolute atomic E-state index is 12.9. The Labute approximate surface area is 160 Å². The Balaban J connectivity index is 1.48. The summed E-state index contributed by atoms with van der Waals surface area (Å²) < 4.78 is 6.05. The summed E-state index contributed by atoms with van der Waals surface area (Å²) in [5.41, 5.74) is 2.59. The minimum atomic E-state index is -0.486. The first-order chi connectivity index (χ1) is 13.2. The number of rotatable bonds is 5. The van der Waals surface area contributed by atoms with Gasteiger partial charge in [0.15, 0.2) is 6.10 Å². The van der Waals surface area contributed by atoms with Crippen LogP contribution in [0.15, 0.2) is 66.7 Å². The second kappa shape index (κ2) is 7.83. The molecule has 4 rings (SSSR count). The Kier molecular flexibility index (Phi) is 5.10. The van der Waals surface area contributed by atoms with Gasteiger partial charge in [0.25, 0.3) is 5.91 Å². The highest BCUT2D eigenvalue weighted by Gasteiger charge is 2.25. The minimum Gasteiger partial charge on any atom is -0.481 e. The summed E-state index contributed by atoms with van der Waals surface area (Å²) in [7, 11) is 0. The third kappa shape index (κ3) is 3.82. The second-order valence-corrected chi connectivity index (χ2v) is 7.18. The molecule has 1 aliphatic rings. The van der Waals surface area contributed by atoms with Crippen LogP contribution in [-0.2, 0) is 11.2 Å². The molecule has 3 nitrogen and oxygen atoms in total. The molecule has 3 aromatic rings. The molecule has 138 valence electrons. The van der Waals surface area contributed by atoms with E-state index in [1.54, 1.807) is 0 Å². The van der Waals surface area contributed by atoms with Gasteiger partial charge in [0.2, 0.25) is 0 Å². The predicted molar refractivity (Wildman–Crippen MR) is 109 cm³/mol. The number of carbonyl (C=O) groups is 1. The number of fused-ring (bicyclic) bond motifs is 2. The Bertz CT molecular complexity index is 950. The van der Waals surface area contributed by atoms with E-state index >= 15 is 0 Å². The topological polar surface area (TPSA) is 38.3 Å². The summed E-state index contributed by atoms with van der Waals surface area (Å²) in [4.78, 5) is 12.9. The van der Waals surface area contributed by atoms with E-state index in [1.807, 2.05) is 43.3 Å². The summed E-state index contributed by atoms with van der Waals surface area (Å²) in [6, 6.07) is 22.6. The van der Waals surface area contributed by atoms with Gasteiger partial charge < -0.3 is 10.1 Å². The first kappa shape index (κ1) is 17.6. The third-order valence-electron chi connectivity index (χ3n) is 5.35. The number of hydrogen-bond donors (Lipinski definition) is 1. The van der Waals surface area contributed by atoms with Crippen molar-refractivity contribution in [3.05, 3.63) is 77.9 Å². The molecule has 0 saturated heterocycles. The highest BCUT2D eigenvalue weighted by Crippen LogP contribution is 2.30. The molecule has 0 aliphatic heterocycles. The van der Waals surface area contributed by atoms with Crippen LogP contribution in [0.5, 0.6) is 5.75 Å². The maximum Gasteiger partial charge on any atom is 0.261 e. The molecule has 0 fully saturated rings. The van der Waals surface area contributed by atoms with Crippen LogP contribution in [0.4, 0.5) is 0 Å². The fourth-order valence-corrected chi connectivity index (χ4v) is 3.90. The molecule has 0 saturated carbocycles. The van der Waals surface area contributed by atoms with Crippen molar-refractivity contribution in [2.45, 2.75) is 44.8 Å². The Morgan fingerprint density at radius 2 is 1.85 bits per heavy atom. The van der Waals surface area contributed by atoms with E-state index in [-0.39, 0.29) is 11.9 Å². The molecule has 0 heterocycles. The first-order valence-electron chi connectivity index (χ1n) is 9.78. The molecule has 3 aromatic carbocycles. The van der Waals surface area contributed by atoms with Crippen LogP contribution in [0.25, 0.3) is 10.8 Å². The van der Waals surface area contributed by atoms with E-state index in [4.69, 9.17) is 4.74 Å². The van der Waals surface area contributed by atoms with E-state index < -0.39 is 6.10 Å². The lowest BCUT2D eigenvalue weighted by Crippen LogP contribution is -2.40. The highest BCUT2D eigenvalue weighted by molar-refractivity contribution is 5.84. The monoisotopic (exact) mass is 359 g/mol. The van der Waals surface area contributed by atoms with Gasteiger partial charge in [0.05, 0.1) is 6.04 Å². The minimum absolute atomic E-state index is 0.0349. The number of amides is 1. The average Bonchev–Trinajstić information content (AvgIpc) is 2.72. The predicted octanol–water partition coefficient (Wildman–Crippen LogP) is 5.19. The molecule has 1 aliphatic carbocycles. The van der Waals surface area contributed by atoms with Gasteiger partial charge in [-0.15, -0.1) is 0 Å². The Morgan fingerprint density at radius 1 is 1.07 bits per heavy atom. The molecular formula is C24H25NO2. The number of carbonyl (C=O) groups excluding carboxylic acids is 1. The quantitative estimate of drug-likeness (QED) is 0.681.